The Kier molecular flexibility index (Phi) is 6.32. The zero-order valence-electron chi connectivity index (χ0n) is 17.3. The molecule has 2 aliphatic rings. The average molecular weight is 427 g/mol. The summed E-state index contributed by atoms with van der Waals surface area (Å²) in [4.78, 5) is 29.5. The number of likely N-dealkylation sites (tertiary alicyclic amines) is 2. The number of hydrogen-bond donors (Lipinski definition) is 1. The summed E-state index contributed by atoms with van der Waals surface area (Å²) in [5.41, 5.74) is 8.72. The van der Waals surface area contributed by atoms with Crippen LogP contribution in [0.3, 0.4) is 0 Å². The minimum absolute atomic E-state index is 0.0284. The van der Waals surface area contributed by atoms with Gasteiger partial charge in [-0.05, 0) is 48.1 Å². The number of hydrogen-bond acceptors (Lipinski definition) is 3. The van der Waals surface area contributed by atoms with Gasteiger partial charge in [0.15, 0.2) is 0 Å². The van der Waals surface area contributed by atoms with E-state index in [9.17, 15) is 18.4 Å². The number of amides is 2. The topological polar surface area (TPSA) is 66.6 Å². The zero-order chi connectivity index (χ0) is 22.0. The van der Waals surface area contributed by atoms with E-state index in [1.165, 1.54) is 17.0 Å². The van der Waals surface area contributed by atoms with Crippen molar-refractivity contribution in [2.75, 3.05) is 26.2 Å². The molecule has 3 atom stereocenters. The molecule has 5 nitrogen and oxygen atoms in total. The summed E-state index contributed by atoms with van der Waals surface area (Å²) in [5, 5.41) is 0. The average Bonchev–Trinajstić information content (AvgIpc) is 3.46. The molecule has 4 rings (SSSR count). The van der Waals surface area contributed by atoms with E-state index in [-0.39, 0.29) is 24.2 Å². The normalized spacial score (nSPS) is 20.7. The van der Waals surface area contributed by atoms with Gasteiger partial charge in [0.25, 0.3) is 0 Å². The van der Waals surface area contributed by atoms with Gasteiger partial charge in [-0.1, -0.05) is 36.4 Å². The maximum atomic E-state index is 13.6. The third-order valence-electron chi connectivity index (χ3n) is 6.22. The smallest absolute Gasteiger partial charge is 0.240 e. The Labute approximate surface area is 180 Å². The lowest BCUT2D eigenvalue weighted by atomic mass is 9.88. The van der Waals surface area contributed by atoms with E-state index in [4.69, 9.17) is 5.73 Å². The molecule has 31 heavy (non-hydrogen) atoms. The minimum Gasteiger partial charge on any atom is -0.342 e. The molecule has 2 N–H and O–H groups in total. The van der Waals surface area contributed by atoms with Gasteiger partial charge >= 0.3 is 0 Å². The van der Waals surface area contributed by atoms with Gasteiger partial charge < -0.3 is 15.5 Å². The number of benzene rings is 2. The summed E-state index contributed by atoms with van der Waals surface area (Å²) in [6.07, 6.45) is 1.12. The largest absolute Gasteiger partial charge is 0.342 e. The minimum atomic E-state index is -1.07. The molecule has 0 aromatic heterocycles. The lowest BCUT2D eigenvalue weighted by Crippen LogP contribution is -2.50. The molecular formula is C24H27F2N3O2. The van der Waals surface area contributed by atoms with Gasteiger partial charge in [-0.15, -0.1) is 0 Å². The van der Waals surface area contributed by atoms with E-state index in [1.807, 2.05) is 12.1 Å². The van der Waals surface area contributed by atoms with Crippen molar-refractivity contribution in [2.24, 2.45) is 5.73 Å². The molecule has 2 fully saturated rings. The number of nitrogens with two attached hydrogens (primary N) is 1. The second-order valence-electron chi connectivity index (χ2n) is 8.33. The fourth-order valence-electron chi connectivity index (χ4n) is 4.43. The molecule has 164 valence electrons. The van der Waals surface area contributed by atoms with E-state index in [0.717, 1.165) is 24.0 Å². The van der Waals surface area contributed by atoms with Crippen LogP contribution in [0.15, 0.2) is 48.5 Å². The lowest BCUT2D eigenvalue weighted by Gasteiger charge is -2.30. The van der Waals surface area contributed by atoms with Gasteiger partial charge in [0.2, 0.25) is 11.8 Å². The molecule has 0 spiro atoms. The van der Waals surface area contributed by atoms with Crippen molar-refractivity contribution in [1.29, 1.82) is 0 Å². The predicted octanol–water partition coefficient (Wildman–Crippen LogP) is 3.10. The molecule has 2 saturated heterocycles. The third-order valence-corrected chi connectivity index (χ3v) is 6.22. The van der Waals surface area contributed by atoms with Crippen LogP contribution in [0.1, 0.15) is 30.7 Å². The van der Waals surface area contributed by atoms with Crippen LogP contribution in [-0.4, -0.2) is 60.0 Å². The lowest BCUT2D eigenvalue weighted by molar-refractivity contribution is -0.139. The number of carbonyl (C=O) groups excluding carboxylic acids is 2. The van der Waals surface area contributed by atoms with Crippen LogP contribution in [0.2, 0.25) is 0 Å². The van der Waals surface area contributed by atoms with Crippen molar-refractivity contribution in [2.45, 2.75) is 37.4 Å². The van der Waals surface area contributed by atoms with Crippen LogP contribution < -0.4 is 5.73 Å². The van der Waals surface area contributed by atoms with E-state index in [2.05, 4.69) is 0 Å². The molecule has 0 saturated carbocycles. The Bertz CT molecular complexity index is 927. The number of halogens is 2. The van der Waals surface area contributed by atoms with Crippen molar-refractivity contribution in [3.05, 3.63) is 59.9 Å². The summed E-state index contributed by atoms with van der Waals surface area (Å²) < 4.78 is 26.8. The highest BCUT2D eigenvalue weighted by atomic mass is 19.1. The fourth-order valence-corrected chi connectivity index (χ4v) is 4.43. The quantitative estimate of drug-likeness (QED) is 0.798. The molecule has 0 bridgehead atoms. The highest BCUT2D eigenvalue weighted by Crippen LogP contribution is 2.29. The van der Waals surface area contributed by atoms with Crippen molar-refractivity contribution in [3.63, 3.8) is 0 Å². The Morgan fingerprint density at radius 1 is 0.871 bits per heavy atom. The molecular weight excluding hydrogens is 400 g/mol. The fraction of sp³-hybridized carbons (Fsp3) is 0.417. The zero-order valence-corrected chi connectivity index (χ0v) is 17.3. The predicted molar refractivity (Wildman–Crippen MR) is 114 cm³/mol. The SMILES string of the molecule is N[C@H](C(=O)N1CC[C@H](F)C1)[C@@H](C(=O)N1CCCC1)c1ccc(-c2ccc(F)cc2)cc1. The summed E-state index contributed by atoms with van der Waals surface area (Å²) in [5.74, 6) is -1.69. The first-order valence-corrected chi connectivity index (χ1v) is 10.8. The van der Waals surface area contributed by atoms with Gasteiger partial charge in [-0.3, -0.25) is 9.59 Å². The molecule has 0 unspecified atom stereocenters. The number of alkyl halides is 1. The molecule has 2 amide bonds. The summed E-state index contributed by atoms with van der Waals surface area (Å²) >= 11 is 0. The first kappa shape index (κ1) is 21.4. The van der Waals surface area contributed by atoms with Gasteiger partial charge in [0.1, 0.15) is 18.0 Å². The maximum absolute atomic E-state index is 13.6. The number of nitrogens with zero attached hydrogens (tertiary/aromatic N) is 2. The molecule has 2 aromatic carbocycles. The van der Waals surface area contributed by atoms with Crippen LogP contribution in [0, 0.1) is 5.82 Å². The third kappa shape index (κ3) is 4.61. The molecule has 2 aliphatic heterocycles. The second kappa shape index (κ2) is 9.14. The summed E-state index contributed by atoms with van der Waals surface area (Å²) in [6.45, 7) is 1.66. The highest BCUT2D eigenvalue weighted by molar-refractivity contribution is 5.94. The van der Waals surface area contributed by atoms with E-state index < -0.39 is 18.1 Å². The Morgan fingerprint density at radius 2 is 1.45 bits per heavy atom. The van der Waals surface area contributed by atoms with Crippen molar-refractivity contribution in [1.82, 2.24) is 9.80 Å². The maximum Gasteiger partial charge on any atom is 0.240 e. The number of carbonyl (C=O) groups is 2. The van der Waals surface area contributed by atoms with Gasteiger partial charge in [0.05, 0.1) is 12.5 Å². The summed E-state index contributed by atoms with van der Waals surface area (Å²) in [7, 11) is 0. The van der Waals surface area contributed by atoms with Crippen LogP contribution >= 0.6 is 0 Å². The Hall–Kier alpha value is -2.80. The van der Waals surface area contributed by atoms with Crippen molar-refractivity contribution in [3.8, 4) is 11.1 Å². The first-order chi connectivity index (χ1) is 14.9. The second-order valence-corrected chi connectivity index (χ2v) is 8.33. The molecule has 2 aromatic rings. The number of rotatable bonds is 5. The van der Waals surface area contributed by atoms with Crippen LogP contribution in [-0.2, 0) is 9.59 Å². The Morgan fingerprint density at radius 3 is 2.00 bits per heavy atom. The van der Waals surface area contributed by atoms with Crippen LogP contribution in [0.5, 0.6) is 0 Å². The van der Waals surface area contributed by atoms with E-state index in [0.29, 0.717) is 31.6 Å². The highest BCUT2D eigenvalue weighted by Gasteiger charge is 2.39. The summed E-state index contributed by atoms with van der Waals surface area (Å²) in [6, 6.07) is 12.4. The monoisotopic (exact) mass is 427 g/mol. The van der Waals surface area contributed by atoms with Crippen molar-refractivity contribution < 1.29 is 18.4 Å². The van der Waals surface area contributed by atoms with Crippen molar-refractivity contribution >= 4 is 11.8 Å². The van der Waals surface area contributed by atoms with Gasteiger partial charge in [-0.25, -0.2) is 8.78 Å². The van der Waals surface area contributed by atoms with Crippen LogP contribution in [0.4, 0.5) is 8.78 Å². The molecule has 0 radical (unpaired) electrons. The molecule has 2 heterocycles. The van der Waals surface area contributed by atoms with Gasteiger partial charge in [-0.2, -0.15) is 0 Å². The van der Waals surface area contributed by atoms with Gasteiger partial charge in [0, 0.05) is 19.6 Å². The Balaban J connectivity index is 1.61. The van der Waals surface area contributed by atoms with E-state index >= 15 is 0 Å². The van der Waals surface area contributed by atoms with E-state index in [1.54, 1.807) is 29.2 Å². The molecule has 7 heteroatoms. The molecule has 0 aliphatic carbocycles. The van der Waals surface area contributed by atoms with Crippen LogP contribution in [0.25, 0.3) is 11.1 Å². The standard InChI is InChI=1S/C24H27F2N3O2/c25-19-9-7-17(8-10-19)16-3-5-18(6-4-16)21(23(30)28-12-1-2-13-28)22(27)24(31)29-14-11-20(26)15-29/h3-10,20-22H,1-2,11-15,27H2/t20-,21-,22-/m0/s1. The first-order valence-electron chi connectivity index (χ1n) is 10.8.